The molecule has 26 heavy (non-hydrogen) atoms. The number of amides is 1. The van der Waals surface area contributed by atoms with Crippen LogP contribution < -0.4 is 14.8 Å². The van der Waals surface area contributed by atoms with Gasteiger partial charge in [-0.05, 0) is 62.6 Å². The summed E-state index contributed by atoms with van der Waals surface area (Å²) < 4.78 is 10.3. The average molecular weight is 359 g/mol. The summed E-state index contributed by atoms with van der Waals surface area (Å²) in [4.78, 5) is 23.4. The maximum absolute atomic E-state index is 12.3. The lowest BCUT2D eigenvalue weighted by Crippen LogP contribution is -2.38. The zero-order chi connectivity index (χ0) is 18.9. The molecule has 1 amide bonds. The Hall–Kier alpha value is -2.30. The quantitative estimate of drug-likeness (QED) is 0.457. The minimum absolute atomic E-state index is 0.0178. The summed E-state index contributed by atoms with van der Waals surface area (Å²) in [5, 5.41) is 3.15. The van der Waals surface area contributed by atoms with Gasteiger partial charge in [-0.2, -0.15) is 0 Å². The standard InChI is InChI=1S/C21H29NO4/c1-4-5-6-16-7-10-18(11-8-16)22-21(24)14-17-9-12-19(26-15(2)23)20(13-17)25-3/h4-5,9,12-13,16,18H,6-8,10-11,14H2,1-3H3,(H,22,24)/b5-4-. The number of carbonyl (C=O) groups is 2. The van der Waals surface area contributed by atoms with Crippen LogP contribution in [0, 0.1) is 5.92 Å². The first-order valence-electron chi connectivity index (χ1n) is 9.27. The molecule has 1 N–H and O–H groups in total. The highest BCUT2D eigenvalue weighted by Crippen LogP contribution is 2.29. The minimum Gasteiger partial charge on any atom is -0.493 e. The van der Waals surface area contributed by atoms with E-state index in [9.17, 15) is 9.59 Å². The number of carbonyl (C=O) groups excluding carboxylic acids is 2. The van der Waals surface area contributed by atoms with Gasteiger partial charge in [0.15, 0.2) is 11.5 Å². The fraction of sp³-hybridized carbons (Fsp3) is 0.524. The lowest BCUT2D eigenvalue weighted by Gasteiger charge is -2.28. The Labute approximate surface area is 155 Å². The van der Waals surface area contributed by atoms with Crippen LogP contribution in [0.15, 0.2) is 30.4 Å². The monoisotopic (exact) mass is 359 g/mol. The Morgan fingerprint density at radius 3 is 2.54 bits per heavy atom. The van der Waals surface area contributed by atoms with E-state index in [1.807, 2.05) is 0 Å². The normalized spacial score (nSPS) is 20.0. The Balaban J connectivity index is 1.85. The van der Waals surface area contributed by atoms with Crippen molar-refractivity contribution in [3.05, 3.63) is 35.9 Å². The van der Waals surface area contributed by atoms with E-state index in [4.69, 9.17) is 9.47 Å². The number of esters is 1. The van der Waals surface area contributed by atoms with E-state index in [1.54, 1.807) is 18.2 Å². The molecule has 0 aromatic heterocycles. The molecule has 0 spiro atoms. The predicted molar refractivity (Wildman–Crippen MR) is 101 cm³/mol. The lowest BCUT2D eigenvalue weighted by atomic mass is 9.84. The third-order valence-corrected chi connectivity index (χ3v) is 4.76. The lowest BCUT2D eigenvalue weighted by molar-refractivity contribution is -0.132. The van der Waals surface area contributed by atoms with E-state index in [1.165, 1.54) is 26.9 Å². The molecule has 0 radical (unpaired) electrons. The Kier molecular flexibility index (Phi) is 7.70. The van der Waals surface area contributed by atoms with E-state index in [0.717, 1.165) is 30.7 Å². The van der Waals surface area contributed by atoms with Gasteiger partial charge < -0.3 is 14.8 Å². The summed E-state index contributed by atoms with van der Waals surface area (Å²) in [5.41, 5.74) is 0.831. The number of allylic oxidation sites excluding steroid dienone is 2. The minimum atomic E-state index is -0.404. The van der Waals surface area contributed by atoms with Crippen LogP contribution in [-0.4, -0.2) is 25.0 Å². The van der Waals surface area contributed by atoms with Crippen molar-refractivity contribution in [2.45, 2.75) is 58.4 Å². The molecule has 5 nitrogen and oxygen atoms in total. The zero-order valence-electron chi connectivity index (χ0n) is 15.9. The van der Waals surface area contributed by atoms with Crippen molar-refractivity contribution in [3.63, 3.8) is 0 Å². The molecule has 1 aromatic carbocycles. The third kappa shape index (κ3) is 6.21. The fourth-order valence-electron chi connectivity index (χ4n) is 3.40. The van der Waals surface area contributed by atoms with Crippen LogP contribution in [-0.2, 0) is 16.0 Å². The number of methoxy groups -OCH3 is 1. The number of rotatable bonds is 7. The topological polar surface area (TPSA) is 64.6 Å². The van der Waals surface area contributed by atoms with E-state index in [0.29, 0.717) is 11.5 Å². The van der Waals surface area contributed by atoms with Gasteiger partial charge in [-0.1, -0.05) is 18.2 Å². The van der Waals surface area contributed by atoms with Crippen molar-refractivity contribution in [2.24, 2.45) is 5.92 Å². The maximum atomic E-state index is 12.3. The largest absolute Gasteiger partial charge is 0.493 e. The molecular weight excluding hydrogens is 330 g/mol. The molecule has 142 valence electrons. The number of hydrogen-bond donors (Lipinski definition) is 1. The van der Waals surface area contributed by atoms with E-state index >= 15 is 0 Å². The van der Waals surface area contributed by atoms with Crippen LogP contribution >= 0.6 is 0 Å². The molecule has 0 heterocycles. The second-order valence-electron chi connectivity index (χ2n) is 6.85. The first-order chi connectivity index (χ1) is 12.5. The Morgan fingerprint density at radius 1 is 1.19 bits per heavy atom. The highest BCUT2D eigenvalue weighted by molar-refractivity contribution is 5.79. The summed E-state index contributed by atoms with van der Waals surface area (Å²) in [6.45, 7) is 3.40. The highest BCUT2D eigenvalue weighted by Gasteiger charge is 2.21. The molecule has 0 saturated heterocycles. The molecule has 0 aliphatic heterocycles. The van der Waals surface area contributed by atoms with Gasteiger partial charge >= 0.3 is 5.97 Å². The Bertz CT molecular complexity index is 645. The number of hydrogen-bond acceptors (Lipinski definition) is 4. The van der Waals surface area contributed by atoms with Crippen molar-refractivity contribution in [1.82, 2.24) is 5.32 Å². The van der Waals surface area contributed by atoms with Crippen molar-refractivity contribution < 1.29 is 19.1 Å². The van der Waals surface area contributed by atoms with Gasteiger partial charge in [-0.25, -0.2) is 0 Å². The zero-order valence-corrected chi connectivity index (χ0v) is 15.9. The van der Waals surface area contributed by atoms with Crippen LogP contribution in [0.1, 0.15) is 51.5 Å². The molecule has 2 rings (SSSR count). The van der Waals surface area contributed by atoms with Crippen LogP contribution in [0.2, 0.25) is 0 Å². The first kappa shape index (κ1) is 20.0. The van der Waals surface area contributed by atoms with Crippen LogP contribution in [0.25, 0.3) is 0 Å². The maximum Gasteiger partial charge on any atom is 0.308 e. The van der Waals surface area contributed by atoms with E-state index in [2.05, 4.69) is 24.4 Å². The molecule has 1 fully saturated rings. The van der Waals surface area contributed by atoms with Crippen LogP contribution in [0.5, 0.6) is 11.5 Å². The van der Waals surface area contributed by atoms with E-state index < -0.39 is 5.97 Å². The molecule has 0 unspecified atom stereocenters. The smallest absolute Gasteiger partial charge is 0.308 e. The van der Waals surface area contributed by atoms with Gasteiger partial charge in [0.2, 0.25) is 5.91 Å². The van der Waals surface area contributed by atoms with Gasteiger partial charge in [0.05, 0.1) is 13.5 Å². The molecular formula is C21H29NO4. The molecule has 1 saturated carbocycles. The molecule has 5 heteroatoms. The van der Waals surface area contributed by atoms with Crippen LogP contribution in [0.4, 0.5) is 0 Å². The summed E-state index contributed by atoms with van der Waals surface area (Å²) in [6.07, 6.45) is 10.2. The summed E-state index contributed by atoms with van der Waals surface area (Å²) >= 11 is 0. The second kappa shape index (κ2) is 10.00. The summed E-state index contributed by atoms with van der Waals surface area (Å²) in [6, 6.07) is 5.46. The predicted octanol–water partition coefficient (Wildman–Crippen LogP) is 3.80. The molecule has 1 aliphatic carbocycles. The molecule has 1 aliphatic rings. The second-order valence-corrected chi connectivity index (χ2v) is 6.85. The number of benzene rings is 1. The van der Waals surface area contributed by atoms with Crippen molar-refractivity contribution in [1.29, 1.82) is 0 Å². The van der Waals surface area contributed by atoms with Gasteiger partial charge in [0.1, 0.15) is 0 Å². The molecule has 0 atom stereocenters. The summed E-state index contributed by atoms with van der Waals surface area (Å²) in [5.74, 6) is 1.18. The Morgan fingerprint density at radius 2 is 1.92 bits per heavy atom. The van der Waals surface area contributed by atoms with Gasteiger partial charge in [0, 0.05) is 13.0 Å². The molecule has 0 bridgehead atoms. The summed E-state index contributed by atoms with van der Waals surface area (Å²) in [7, 11) is 1.51. The highest BCUT2D eigenvalue weighted by atomic mass is 16.6. The van der Waals surface area contributed by atoms with Crippen molar-refractivity contribution in [3.8, 4) is 11.5 Å². The van der Waals surface area contributed by atoms with Crippen molar-refractivity contribution >= 4 is 11.9 Å². The number of ether oxygens (including phenoxy) is 2. The molecule has 1 aromatic rings. The third-order valence-electron chi connectivity index (χ3n) is 4.76. The average Bonchev–Trinajstić information content (AvgIpc) is 2.62. The van der Waals surface area contributed by atoms with Gasteiger partial charge in [-0.15, -0.1) is 0 Å². The van der Waals surface area contributed by atoms with Crippen LogP contribution in [0.3, 0.4) is 0 Å². The SMILES string of the molecule is C/C=C\CC1CCC(NC(=O)Cc2ccc(OC(C)=O)c(OC)c2)CC1. The first-order valence-corrected chi connectivity index (χ1v) is 9.27. The van der Waals surface area contributed by atoms with E-state index in [-0.39, 0.29) is 18.4 Å². The number of nitrogens with one attached hydrogen (secondary N) is 1. The van der Waals surface area contributed by atoms with Crippen molar-refractivity contribution in [2.75, 3.05) is 7.11 Å². The fourth-order valence-corrected chi connectivity index (χ4v) is 3.40. The van der Waals surface area contributed by atoms with Gasteiger partial charge in [-0.3, -0.25) is 9.59 Å². The van der Waals surface area contributed by atoms with Gasteiger partial charge in [0.25, 0.3) is 0 Å².